The maximum atomic E-state index is 13.0. The quantitative estimate of drug-likeness (QED) is 0.456. The second-order valence-corrected chi connectivity index (χ2v) is 7.37. The lowest BCUT2D eigenvalue weighted by Gasteiger charge is -2.12. The molecule has 0 aliphatic rings. The number of anilines is 1. The number of nitrogens with zero attached hydrogens (tertiary/aromatic N) is 2. The van der Waals surface area contributed by atoms with Gasteiger partial charge in [0.1, 0.15) is 5.75 Å². The van der Waals surface area contributed by atoms with Gasteiger partial charge in [-0.15, -0.1) is 0 Å². The highest BCUT2D eigenvalue weighted by molar-refractivity contribution is 5.98. The predicted molar refractivity (Wildman–Crippen MR) is 126 cm³/mol. The summed E-state index contributed by atoms with van der Waals surface area (Å²) in [5, 5.41) is 8.56. The zero-order chi connectivity index (χ0) is 23.4. The molecular weight excluding hydrogens is 420 g/mol. The molecule has 3 aromatic carbocycles. The van der Waals surface area contributed by atoms with E-state index in [0.717, 1.165) is 10.9 Å². The Hall–Kier alpha value is -4.46. The highest BCUT2D eigenvalue weighted by Gasteiger charge is 2.14. The van der Waals surface area contributed by atoms with Crippen LogP contribution in [0.5, 0.6) is 5.75 Å². The second-order valence-electron chi connectivity index (χ2n) is 7.37. The van der Waals surface area contributed by atoms with E-state index in [4.69, 9.17) is 10.5 Å². The first-order valence-corrected chi connectivity index (χ1v) is 10.3. The summed E-state index contributed by atoms with van der Waals surface area (Å²) < 4.78 is 6.42. The van der Waals surface area contributed by atoms with Gasteiger partial charge in [0.05, 0.1) is 30.3 Å². The molecule has 1 heterocycles. The molecule has 0 unspecified atom stereocenters. The topological polar surface area (TPSA) is 116 Å². The summed E-state index contributed by atoms with van der Waals surface area (Å²) in [6, 6.07) is 21.5. The van der Waals surface area contributed by atoms with Gasteiger partial charge in [0.2, 0.25) is 5.91 Å². The smallest absolute Gasteiger partial charge is 0.274 e. The van der Waals surface area contributed by atoms with Crippen LogP contribution >= 0.6 is 0 Å². The first-order valence-electron chi connectivity index (χ1n) is 10.3. The van der Waals surface area contributed by atoms with Crippen LogP contribution in [0.1, 0.15) is 16.8 Å². The van der Waals surface area contributed by atoms with E-state index in [0.29, 0.717) is 22.5 Å². The number of fused-ring (bicyclic) bond motifs is 1. The Labute approximate surface area is 189 Å². The number of amides is 2. The number of methoxy groups -OCH3 is 1. The van der Waals surface area contributed by atoms with E-state index in [1.165, 1.54) is 17.9 Å². The van der Waals surface area contributed by atoms with Gasteiger partial charge in [0.25, 0.3) is 11.5 Å². The molecule has 8 heteroatoms. The molecule has 8 nitrogen and oxygen atoms in total. The third-order valence-corrected chi connectivity index (χ3v) is 5.21. The summed E-state index contributed by atoms with van der Waals surface area (Å²) in [5.41, 5.74) is 7.22. The van der Waals surface area contributed by atoms with E-state index in [2.05, 4.69) is 10.4 Å². The van der Waals surface area contributed by atoms with Gasteiger partial charge >= 0.3 is 0 Å². The highest BCUT2D eigenvalue weighted by Crippen LogP contribution is 2.25. The largest absolute Gasteiger partial charge is 0.496 e. The third kappa shape index (κ3) is 4.59. The summed E-state index contributed by atoms with van der Waals surface area (Å²) in [6.45, 7) is 0.0914. The van der Waals surface area contributed by atoms with Crippen molar-refractivity contribution in [1.29, 1.82) is 0 Å². The summed E-state index contributed by atoms with van der Waals surface area (Å²) in [6.07, 6.45) is 0.0113. The first kappa shape index (κ1) is 21.8. The lowest BCUT2D eigenvalue weighted by molar-refractivity contribution is -0.116. The van der Waals surface area contributed by atoms with Crippen molar-refractivity contribution in [2.45, 2.75) is 13.0 Å². The Morgan fingerprint density at radius 3 is 2.39 bits per heavy atom. The predicted octanol–water partition coefficient (Wildman–Crippen LogP) is 3.20. The minimum atomic E-state index is -0.664. The van der Waals surface area contributed by atoms with Gasteiger partial charge in [0, 0.05) is 23.1 Å². The fourth-order valence-corrected chi connectivity index (χ4v) is 3.61. The van der Waals surface area contributed by atoms with E-state index in [1.807, 2.05) is 42.5 Å². The number of nitrogens with one attached hydrogen (secondary N) is 1. The molecular formula is C25H22N4O4. The van der Waals surface area contributed by atoms with Crippen LogP contribution in [0.15, 0.2) is 77.6 Å². The maximum absolute atomic E-state index is 13.0. The third-order valence-electron chi connectivity index (χ3n) is 5.21. The molecule has 1 aromatic heterocycles. The zero-order valence-electron chi connectivity index (χ0n) is 17.9. The van der Waals surface area contributed by atoms with Crippen molar-refractivity contribution in [3.05, 3.63) is 88.7 Å². The number of carbonyl (C=O) groups excluding carboxylic acids is 2. The highest BCUT2D eigenvalue weighted by atomic mass is 16.5. The Balaban J connectivity index is 1.58. The summed E-state index contributed by atoms with van der Waals surface area (Å²) in [4.78, 5) is 37.1. The van der Waals surface area contributed by atoms with Crippen molar-refractivity contribution >= 4 is 28.3 Å². The molecule has 0 aliphatic heterocycles. The van der Waals surface area contributed by atoms with Crippen molar-refractivity contribution in [3.8, 4) is 17.0 Å². The van der Waals surface area contributed by atoms with Crippen LogP contribution in [0, 0.1) is 0 Å². The normalized spacial score (nSPS) is 10.7. The van der Waals surface area contributed by atoms with E-state index in [-0.39, 0.29) is 30.0 Å². The van der Waals surface area contributed by atoms with Crippen LogP contribution in [0.4, 0.5) is 5.69 Å². The summed E-state index contributed by atoms with van der Waals surface area (Å²) in [5.74, 6) is -0.678. The molecule has 3 N–H and O–H groups in total. The van der Waals surface area contributed by atoms with Gasteiger partial charge in [-0.3, -0.25) is 14.4 Å². The molecule has 0 aliphatic carbocycles. The average Bonchev–Trinajstić information content (AvgIpc) is 2.84. The van der Waals surface area contributed by atoms with Crippen molar-refractivity contribution in [2.24, 2.45) is 5.73 Å². The van der Waals surface area contributed by atoms with E-state index in [1.54, 1.807) is 24.3 Å². The fraction of sp³-hybridized carbons (Fsp3) is 0.120. The molecule has 0 saturated carbocycles. The minimum absolute atomic E-state index is 0.0113. The van der Waals surface area contributed by atoms with Gasteiger partial charge in [-0.05, 0) is 24.3 Å². The fourth-order valence-electron chi connectivity index (χ4n) is 3.61. The Morgan fingerprint density at radius 2 is 1.70 bits per heavy atom. The van der Waals surface area contributed by atoms with Crippen molar-refractivity contribution in [3.63, 3.8) is 0 Å². The maximum Gasteiger partial charge on any atom is 0.274 e. The van der Waals surface area contributed by atoms with Gasteiger partial charge < -0.3 is 15.8 Å². The first-order chi connectivity index (χ1) is 16.0. The van der Waals surface area contributed by atoms with Gasteiger partial charge in [-0.2, -0.15) is 5.10 Å². The van der Waals surface area contributed by atoms with Crippen LogP contribution in [0.25, 0.3) is 22.0 Å². The number of hydrogen-bond acceptors (Lipinski definition) is 5. The molecule has 0 saturated heterocycles. The van der Waals surface area contributed by atoms with Crippen molar-refractivity contribution < 1.29 is 14.3 Å². The number of aryl methyl sites for hydroxylation is 1. The molecule has 2 amide bonds. The number of rotatable bonds is 7. The van der Waals surface area contributed by atoms with Crippen LogP contribution in [-0.4, -0.2) is 28.7 Å². The Kier molecular flexibility index (Phi) is 6.17. The zero-order valence-corrected chi connectivity index (χ0v) is 17.9. The van der Waals surface area contributed by atoms with E-state index >= 15 is 0 Å². The molecule has 0 fully saturated rings. The standard InChI is InChI=1S/C25H22N4O4/c1-33-21-12-11-17(15-20(21)24(26)31)27-22(30)13-14-29-25(32)19-10-6-5-9-18(19)23(28-29)16-7-3-2-4-8-16/h2-12,15H,13-14H2,1H3,(H2,26,31)(H,27,30). The van der Waals surface area contributed by atoms with Crippen LogP contribution in [0.3, 0.4) is 0 Å². The van der Waals surface area contributed by atoms with Gasteiger partial charge in [0.15, 0.2) is 0 Å². The minimum Gasteiger partial charge on any atom is -0.496 e. The SMILES string of the molecule is COc1ccc(NC(=O)CCn2nc(-c3ccccc3)c3ccccc3c2=O)cc1C(N)=O. The lowest BCUT2D eigenvalue weighted by Crippen LogP contribution is -2.26. The van der Waals surface area contributed by atoms with Crippen LogP contribution in [0.2, 0.25) is 0 Å². The second kappa shape index (κ2) is 9.35. The number of carbonyl (C=O) groups is 2. The summed E-state index contributed by atoms with van der Waals surface area (Å²) >= 11 is 0. The number of nitrogens with two attached hydrogens (primary N) is 1. The molecule has 0 radical (unpaired) electrons. The van der Waals surface area contributed by atoms with E-state index in [9.17, 15) is 14.4 Å². The van der Waals surface area contributed by atoms with Crippen LogP contribution in [-0.2, 0) is 11.3 Å². The molecule has 33 heavy (non-hydrogen) atoms. The van der Waals surface area contributed by atoms with Crippen molar-refractivity contribution in [2.75, 3.05) is 12.4 Å². The monoisotopic (exact) mass is 442 g/mol. The van der Waals surface area contributed by atoms with Crippen LogP contribution < -0.4 is 21.3 Å². The number of aromatic nitrogens is 2. The van der Waals surface area contributed by atoms with Crippen molar-refractivity contribution in [1.82, 2.24) is 9.78 Å². The molecule has 0 bridgehead atoms. The number of hydrogen-bond donors (Lipinski definition) is 2. The molecule has 4 aromatic rings. The lowest BCUT2D eigenvalue weighted by atomic mass is 10.1. The number of ether oxygens (including phenoxy) is 1. The number of benzene rings is 3. The molecule has 0 atom stereocenters. The molecule has 166 valence electrons. The molecule has 0 spiro atoms. The summed E-state index contributed by atoms with van der Waals surface area (Å²) in [7, 11) is 1.43. The molecule has 4 rings (SSSR count). The Morgan fingerprint density at radius 1 is 1.00 bits per heavy atom. The van der Waals surface area contributed by atoms with Gasteiger partial charge in [-0.1, -0.05) is 48.5 Å². The van der Waals surface area contributed by atoms with E-state index < -0.39 is 5.91 Å². The average molecular weight is 442 g/mol. The number of primary amides is 1. The van der Waals surface area contributed by atoms with Gasteiger partial charge in [-0.25, -0.2) is 4.68 Å². The Bertz CT molecular complexity index is 1400.